The summed E-state index contributed by atoms with van der Waals surface area (Å²) in [5.41, 5.74) is 7.05. The third kappa shape index (κ3) is 4.88. The van der Waals surface area contributed by atoms with Crippen LogP contribution in [0, 0.1) is 5.92 Å². The van der Waals surface area contributed by atoms with Crippen molar-refractivity contribution in [3.05, 3.63) is 60.2 Å². The molecule has 0 aromatic heterocycles. The van der Waals surface area contributed by atoms with Crippen LogP contribution in [0.3, 0.4) is 0 Å². The van der Waals surface area contributed by atoms with Crippen molar-refractivity contribution >= 4 is 0 Å². The minimum absolute atomic E-state index is 0.159. The fraction of sp³-hybridized carbons (Fsp3) is 0.333. The summed E-state index contributed by atoms with van der Waals surface area (Å²) in [5, 5.41) is 3.50. The van der Waals surface area contributed by atoms with Gasteiger partial charge in [0.05, 0.1) is 0 Å². The number of para-hydroxylation sites is 1. The summed E-state index contributed by atoms with van der Waals surface area (Å²) in [6.07, 6.45) is 0. The first-order valence-electron chi connectivity index (χ1n) is 7.45. The number of hydrogen-bond donors (Lipinski definition) is 2. The summed E-state index contributed by atoms with van der Waals surface area (Å²) in [4.78, 5) is 0. The van der Waals surface area contributed by atoms with Gasteiger partial charge in [0.25, 0.3) is 0 Å². The SMILES string of the molecule is CC(C)CNC(CN)c1cccc(Oc2ccccc2)c1. The minimum atomic E-state index is 0.159. The lowest BCUT2D eigenvalue weighted by molar-refractivity contribution is 0.467. The normalized spacial score (nSPS) is 12.4. The van der Waals surface area contributed by atoms with Gasteiger partial charge in [0, 0.05) is 12.6 Å². The highest BCUT2D eigenvalue weighted by Crippen LogP contribution is 2.24. The molecule has 3 heteroatoms. The van der Waals surface area contributed by atoms with Crippen LogP contribution in [0.15, 0.2) is 54.6 Å². The van der Waals surface area contributed by atoms with Crippen molar-refractivity contribution in [2.24, 2.45) is 11.7 Å². The molecule has 0 saturated carbocycles. The third-order valence-corrected chi connectivity index (χ3v) is 3.25. The maximum atomic E-state index is 5.89. The zero-order valence-corrected chi connectivity index (χ0v) is 12.8. The summed E-state index contributed by atoms with van der Waals surface area (Å²) in [6, 6.07) is 18.1. The second-order valence-electron chi connectivity index (χ2n) is 5.58. The molecule has 0 aliphatic heterocycles. The fourth-order valence-corrected chi connectivity index (χ4v) is 2.13. The Kier molecular flexibility index (Phi) is 5.78. The summed E-state index contributed by atoms with van der Waals surface area (Å²) in [7, 11) is 0. The molecule has 0 bridgehead atoms. The van der Waals surface area contributed by atoms with E-state index < -0.39 is 0 Å². The highest BCUT2D eigenvalue weighted by molar-refractivity contribution is 5.35. The van der Waals surface area contributed by atoms with E-state index in [-0.39, 0.29) is 6.04 Å². The number of ether oxygens (including phenoxy) is 1. The molecule has 0 amide bonds. The summed E-state index contributed by atoms with van der Waals surface area (Å²) in [6.45, 7) is 5.90. The van der Waals surface area contributed by atoms with Crippen molar-refractivity contribution in [2.75, 3.05) is 13.1 Å². The third-order valence-electron chi connectivity index (χ3n) is 3.25. The Morgan fingerprint density at radius 2 is 1.71 bits per heavy atom. The van der Waals surface area contributed by atoms with Crippen LogP contribution >= 0.6 is 0 Å². The summed E-state index contributed by atoms with van der Waals surface area (Å²) >= 11 is 0. The number of rotatable bonds is 7. The predicted molar refractivity (Wildman–Crippen MR) is 87.6 cm³/mol. The molecule has 21 heavy (non-hydrogen) atoms. The van der Waals surface area contributed by atoms with Gasteiger partial charge in [0.15, 0.2) is 0 Å². The second kappa shape index (κ2) is 7.81. The number of benzene rings is 2. The first-order chi connectivity index (χ1) is 10.2. The van der Waals surface area contributed by atoms with Crippen LogP contribution < -0.4 is 15.8 Å². The van der Waals surface area contributed by atoms with Crippen LogP contribution in [0.1, 0.15) is 25.5 Å². The van der Waals surface area contributed by atoms with Gasteiger partial charge in [-0.15, -0.1) is 0 Å². The lowest BCUT2D eigenvalue weighted by Crippen LogP contribution is -2.30. The van der Waals surface area contributed by atoms with Crippen LogP contribution in [0.4, 0.5) is 0 Å². The Hall–Kier alpha value is -1.84. The second-order valence-corrected chi connectivity index (χ2v) is 5.58. The molecular weight excluding hydrogens is 260 g/mol. The van der Waals surface area contributed by atoms with E-state index in [9.17, 15) is 0 Å². The fourth-order valence-electron chi connectivity index (χ4n) is 2.13. The van der Waals surface area contributed by atoms with E-state index in [2.05, 4.69) is 31.3 Å². The van der Waals surface area contributed by atoms with Crippen LogP contribution in [0.25, 0.3) is 0 Å². The van der Waals surface area contributed by atoms with Crippen molar-refractivity contribution in [3.63, 3.8) is 0 Å². The average Bonchev–Trinajstić information content (AvgIpc) is 2.49. The van der Waals surface area contributed by atoms with E-state index in [1.807, 2.05) is 42.5 Å². The number of nitrogens with two attached hydrogens (primary N) is 1. The molecule has 0 fully saturated rings. The van der Waals surface area contributed by atoms with E-state index in [0.29, 0.717) is 12.5 Å². The van der Waals surface area contributed by atoms with Gasteiger partial charge >= 0.3 is 0 Å². The van der Waals surface area contributed by atoms with Crippen molar-refractivity contribution in [3.8, 4) is 11.5 Å². The maximum absolute atomic E-state index is 5.89. The molecule has 0 spiro atoms. The minimum Gasteiger partial charge on any atom is -0.457 e. The largest absolute Gasteiger partial charge is 0.457 e. The Bertz CT molecular complexity index is 540. The first kappa shape index (κ1) is 15.5. The topological polar surface area (TPSA) is 47.3 Å². The van der Waals surface area contributed by atoms with E-state index in [1.54, 1.807) is 0 Å². The number of hydrogen-bond acceptors (Lipinski definition) is 3. The van der Waals surface area contributed by atoms with Crippen molar-refractivity contribution in [1.82, 2.24) is 5.32 Å². The van der Waals surface area contributed by atoms with Gasteiger partial charge in [-0.2, -0.15) is 0 Å². The number of nitrogens with one attached hydrogen (secondary N) is 1. The van der Waals surface area contributed by atoms with Gasteiger partial charge in [-0.05, 0) is 42.3 Å². The van der Waals surface area contributed by atoms with E-state index in [4.69, 9.17) is 10.5 Å². The predicted octanol–water partition coefficient (Wildman–Crippen LogP) is 3.72. The first-order valence-corrected chi connectivity index (χ1v) is 7.45. The highest BCUT2D eigenvalue weighted by Gasteiger charge is 2.10. The van der Waals surface area contributed by atoms with Crippen LogP contribution in [-0.2, 0) is 0 Å². The summed E-state index contributed by atoms with van der Waals surface area (Å²) < 4.78 is 5.87. The van der Waals surface area contributed by atoms with Gasteiger partial charge in [-0.25, -0.2) is 0 Å². The molecular formula is C18H24N2O. The molecule has 1 unspecified atom stereocenters. The van der Waals surface area contributed by atoms with E-state index >= 15 is 0 Å². The van der Waals surface area contributed by atoms with Gasteiger partial charge in [-0.3, -0.25) is 0 Å². The monoisotopic (exact) mass is 284 g/mol. The van der Waals surface area contributed by atoms with Gasteiger partial charge in [0.1, 0.15) is 11.5 Å². The Balaban J connectivity index is 2.08. The van der Waals surface area contributed by atoms with Crippen LogP contribution in [0.5, 0.6) is 11.5 Å². The molecule has 112 valence electrons. The van der Waals surface area contributed by atoms with Gasteiger partial charge in [-0.1, -0.05) is 44.2 Å². The molecule has 3 nitrogen and oxygen atoms in total. The molecule has 0 saturated heterocycles. The summed E-state index contributed by atoms with van der Waals surface area (Å²) in [5.74, 6) is 2.28. The maximum Gasteiger partial charge on any atom is 0.127 e. The molecule has 2 aromatic rings. The zero-order valence-electron chi connectivity index (χ0n) is 12.8. The highest BCUT2D eigenvalue weighted by atomic mass is 16.5. The average molecular weight is 284 g/mol. The van der Waals surface area contributed by atoms with Crippen molar-refractivity contribution in [1.29, 1.82) is 0 Å². The lowest BCUT2D eigenvalue weighted by Gasteiger charge is -2.19. The molecule has 3 N–H and O–H groups in total. The molecule has 2 aromatic carbocycles. The molecule has 0 aliphatic carbocycles. The standard InChI is InChI=1S/C18H24N2O/c1-14(2)13-20-18(12-19)15-7-6-10-17(11-15)21-16-8-4-3-5-9-16/h3-11,14,18,20H,12-13,19H2,1-2H3. The van der Waals surface area contributed by atoms with Crippen LogP contribution in [-0.4, -0.2) is 13.1 Å². The van der Waals surface area contributed by atoms with Gasteiger partial charge in [0.2, 0.25) is 0 Å². The zero-order chi connectivity index (χ0) is 15.1. The van der Waals surface area contributed by atoms with E-state index in [0.717, 1.165) is 23.6 Å². The molecule has 1 atom stereocenters. The molecule has 0 heterocycles. The Morgan fingerprint density at radius 3 is 2.38 bits per heavy atom. The lowest BCUT2D eigenvalue weighted by atomic mass is 10.1. The van der Waals surface area contributed by atoms with Gasteiger partial charge < -0.3 is 15.8 Å². The Labute approximate surface area is 127 Å². The van der Waals surface area contributed by atoms with Crippen molar-refractivity contribution in [2.45, 2.75) is 19.9 Å². The molecule has 0 aliphatic rings. The Morgan fingerprint density at radius 1 is 1.00 bits per heavy atom. The van der Waals surface area contributed by atoms with Crippen molar-refractivity contribution < 1.29 is 4.74 Å². The molecule has 2 rings (SSSR count). The van der Waals surface area contributed by atoms with Crippen LogP contribution in [0.2, 0.25) is 0 Å². The molecule has 0 radical (unpaired) electrons. The van der Waals surface area contributed by atoms with E-state index in [1.165, 1.54) is 0 Å². The quantitative estimate of drug-likeness (QED) is 0.814. The smallest absolute Gasteiger partial charge is 0.127 e.